The lowest BCUT2D eigenvalue weighted by Gasteiger charge is -2.26. The number of nitrogens with one attached hydrogen (secondary N) is 2. The zero-order valence-corrected chi connectivity index (χ0v) is 17.8. The molecule has 1 aliphatic heterocycles. The maximum atomic E-state index is 13.0. The van der Waals surface area contributed by atoms with E-state index in [9.17, 15) is 31.2 Å². The number of aromatic amines is 1. The van der Waals surface area contributed by atoms with Crippen LogP contribution in [0.1, 0.15) is 15.9 Å². The van der Waals surface area contributed by atoms with Gasteiger partial charge in [0.25, 0.3) is 5.91 Å². The van der Waals surface area contributed by atoms with E-state index < -0.39 is 33.2 Å². The summed E-state index contributed by atoms with van der Waals surface area (Å²) in [5.41, 5.74) is -1.67. The van der Waals surface area contributed by atoms with Crippen LogP contribution in [0, 0.1) is 0 Å². The Labute approximate surface area is 186 Å². The Morgan fingerprint density at radius 1 is 1.06 bits per heavy atom. The minimum absolute atomic E-state index is 0.0860. The molecular formula is C21H18F3N3O5S. The fraction of sp³-hybridized carbons (Fsp3) is 0.238. The third-order valence-electron chi connectivity index (χ3n) is 5.11. The summed E-state index contributed by atoms with van der Waals surface area (Å²) in [6.07, 6.45) is -4.60. The van der Waals surface area contributed by atoms with Gasteiger partial charge in [-0.25, -0.2) is 8.42 Å². The van der Waals surface area contributed by atoms with Crippen LogP contribution in [-0.2, 0) is 20.9 Å². The van der Waals surface area contributed by atoms with E-state index in [-0.39, 0.29) is 53.4 Å². The predicted octanol–water partition coefficient (Wildman–Crippen LogP) is 2.82. The maximum absolute atomic E-state index is 13.0. The summed E-state index contributed by atoms with van der Waals surface area (Å²) in [7, 11) is -3.88. The smallest absolute Gasteiger partial charge is 0.379 e. The third-order valence-corrected chi connectivity index (χ3v) is 7.01. The zero-order valence-electron chi connectivity index (χ0n) is 17.0. The maximum Gasteiger partial charge on any atom is 0.416 e. The highest BCUT2D eigenvalue weighted by Crippen LogP contribution is 2.31. The molecule has 1 saturated heterocycles. The normalized spacial score (nSPS) is 15.5. The van der Waals surface area contributed by atoms with Gasteiger partial charge in [-0.3, -0.25) is 9.59 Å². The van der Waals surface area contributed by atoms with Crippen LogP contribution in [0.2, 0.25) is 0 Å². The summed E-state index contributed by atoms with van der Waals surface area (Å²) in [6, 6.07) is 8.96. The number of sulfonamides is 1. The van der Waals surface area contributed by atoms with Gasteiger partial charge in [0.15, 0.2) is 0 Å². The van der Waals surface area contributed by atoms with Gasteiger partial charge in [0.1, 0.15) is 0 Å². The predicted molar refractivity (Wildman–Crippen MR) is 114 cm³/mol. The fourth-order valence-electron chi connectivity index (χ4n) is 3.49. The highest BCUT2D eigenvalue weighted by molar-refractivity contribution is 7.89. The molecule has 1 amide bonds. The fourth-order valence-corrected chi connectivity index (χ4v) is 4.92. The lowest BCUT2D eigenvalue weighted by Crippen LogP contribution is -2.40. The number of rotatable bonds is 4. The number of halogens is 3. The molecule has 2 heterocycles. The first kappa shape index (κ1) is 23.0. The van der Waals surface area contributed by atoms with Crippen LogP contribution >= 0.6 is 0 Å². The lowest BCUT2D eigenvalue weighted by atomic mass is 10.1. The average Bonchev–Trinajstić information content (AvgIpc) is 2.78. The molecule has 0 bridgehead atoms. The molecule has 33 heavy (non-hydrogen) atoms. The van der Waals surface area contributed by atoms with Crippen LogP contribution in [0.5, 0.6) is 0 Å². The first-order valence-corrected chi connectivity index (χ1v) is 11.2. The molecule has 1 fully saturated rings. The molecule has 12 heteroatoms. The summed E-state index contributed by atoms with van der Waals surface area (Å²) in [5.74, 6) is -0.855. The van der Waals surface area contributed by atoms with Crippen molar-refractivity contribution in [2.24, 2.45) is 0 Å². The number of hydrogen-bond donors (Lipinski definition) is 2. The van der Waals surface area contributed by atoms with Gasteiger partial charge in [0, 0.05) is 35.7 Å². The molecule has 174 valence electrons. The number of H-pyrrole nitrogens is 1. The van der Waals surface area contributed by atoms with E-state index >= 15 is 0 Å². The van der Waals surface area contributed by atoms with Gasteiger partial charge in [-0.1, -0.05) is 6.07 Å². The number of anilines is 1. The molecule has 2 aromatic carbocycles. The second kappa shape index (κ2) is 8.61. The lowest BCUT2D eigenvalue weighted by molar-refractivity contribution is -0.137. The number of carbonyl (C=O) groups is 1. The highest BCUT2D eigenvalue weighted by Gasteiger charge is 2.31. The molecule has 0 atom stereocenters. The van der Waals surface area contributed by atoms with Gasteiger partial charge >= 0.3 is 6.18 Å². The number of fused-ring (bicyclic) bond motifs is 1. The van der Waals surface area contributed by atoms with Crippen LogP contribution in [0.25, 0.3) is 10.9 Å². The molecule has 0 radical (unpaired) electrons. The van der Waals surface area contributed by atoms with E-state index in [2.05, 4.69) is 10.3 Å². The first-order valence-electron chi connectivity index (χ1n) is 9.79. The van der Waals surface area contributed by atoms with E-state index in [1.54, 1.807) is 0 Å². The van der Waals surface area contributed by atoms with E-state index in [1.807, 2.05) is 0 Å². The number of aromatic nitrogens is 1. The molecule has 1 aromatic heterocycles. The minimum atomic E-state index is -4.60. The molecule has 0 unspecified atom stereocenters. The topological polar surface area (TPSA) is 109 Å². The number of amides is 1. The Balaban J connectivity index is 1.73. The van der Waals surface area contributed by atoms with Crippen LogP contribution in [-0.4, -0.2) is 49.9 Å². The van der Waals surface area contributed by atoms with Crippen molar-refractivity contribution >= 4 is 32.5 Å². The second-order valence-corrected chi connectivity index (χ2v) is 9.24. The number of carbonyl (C=O) groups excluding carboxylic acids is 1. The molecule has 2 N–H and O–H groups in total. The monoisotopic (exact) mass is 481 g/mol. The standard InChI is InChI=1S/C21H18F3N3O5S/c22-21(23,24)13-2-1-3-14(10-13)25-20(29)17-12-19(28)26-18-5-4-15(11-16(17)18)33(30,31)27-6-8-32-9-7-27/h1-5,10-12H,6-9H2,(H,25,29)(H,26,28). The quantitative estimate of drug-likeness (QED) is 0.596. The molecule has 4 rings (SSSR count). The molecule has 0 spiro atoms. The largest absolute Gasteiger partial charge is 0.416 e. The SMILES string of the molecule is O=C(Nc1cccc(C(F)(F)F)c1)c1cc(=O)[nH]c2ccc(S(=O)(=O)N3CCOCC3)cc12. The van der Waals surface area contributed by atoms with Crippen LogP contribution in [0.3, 0.4) is 0 Å². The van der Waals surface area contributed by atoms with E-state index in [0.29, 0.717) is 0 Å². The van der Waals surface area contributed by atoms with Crippen molar-refractivity contribution in [2.45, 2.75) is 11.1 Å². The van der Waals surface area contributed by atoms with Crippen molar-refractivity contribution in [3.63, 3.8) is 0 Å². The van der Waals surface area contributed by atoms with E-state index in [1.165, 1.54) is 28.6 Å². The molecule has 1 aliphatic rings. The second-order valence-electron chi connectivity index (χ2n) is 7.30. The van der Waals surface area contributed by atoms with Crippen LogP contribution < -0.4 is 10.9 Å². The van der Waals surface area contributed by atoms with Gasteiger partial charge in [0.05, 0.1) is 29.2 Å². The summed E-state index contributed by atoms with van der Waals surface area (Å²) in [5, 5.41) is 2.48. The van der Waals surface area contributed by atoms with Crippen molar-refractivity contribution in [2.75, 3.05) is 31.6 Å². The van der Waals surface area contributed by atoms with E-state index in [4.69, 9.17) is 4.74 Å². The Hall–Kier alpha value is -3.22. The summed E-state index contributed by atoms with van der Waals surface area (Å²) in [6.45, 7) is 0.860. The number of morpholine rings is 1. The molecule has 0 saturated carbocycles. The summed E-state index contributed by atoms with van der Waals surface area (Å²) in [4.78, 5) is 27.4. The van der Waals surface area contributed by atoms with Crippen molar-refractivity contribution < 1.29 is 31.1 Å². The Kier molecular flexibility index (Phi) is 5.99. The number of pyridine rings is 1. The van der Waals surface area contributed by atoms with Gasteiger partial charge in [0.2, 0.25) is 15.6 Å². The number of benzene rings is 2. The number of alkyl halides is 3. The molecule has 8 nitrogen and oxygen atoms in total. The highest BCUT2D eigenvalue weighted by atomic mass is 32.2. The molecule has 0 aliphatic carbocycles. The van der Waals surface area contributed by atoms with Gasteiger partial charge < -0.3 is 15.0 Å². The Bertz CT molecular complexity index is 1380. The van der Waals surface area contributed by atoms with Gasteiger partial charge in [-0.05, 0) is 36.4 Å². The van der Waals surface area contributed by atoms with Gasteiger partial charge in [-0.15, -0.1) is 0 Å². The van der Waals surface area contributed by atoms with Gasteiger partial charge in [-0.2, -0.15) is 17.5 Å². The van der Waals surface area contributed by atoms with Crippen molar-refractivity contribution in [3.8, 4) is 0 Å². The third kappa shape index (κ3) is 4.77. The summed E-state index contributed by atoms with van der Waals surface area (Å²) < 4.78 is 71.3. The number of ether oxygens (including phenoxy) is 1. The van der Waals surface area contributed by atoms with Crippen molar-refractivity contribution in [1.82, 2.24) is 9.29 Å². The Morgan fingerprint density at radius 2 is 1.79 bits per heavy atom. The van der Waals surface area contributed by atoms with Crippen molar-refractivity contribution in [3.05, 3.63) is 70.0 Å². The van der Waals surface area contributed by atoms with Crippen LogP contribution in [0.4, 0.5) is 18.9 Å². The minimum Gasteiger partial charge on any atom is -0.379 e. The zero-order chi connectivity index (χ0) is 23.8. The number of hydrogen-bond acceptors (Lipinski definition) is 5. The molecule has 3 aromatic rings. The van der Waals surface area contributed by atoms with Crippen LogP contribution in [0.15, 0.2) is 58.2 Å². The first-order chi connectivity index (χ1) is 15.6. The van der Waals surface area contributed by atoms with E-state index in [0.717, 1.165) is 24.3 Å². The summed E-state index contributed by atoms with van der Waals surface area (Å²) >= 11 is 0. The average molecular weight is 481 g/mol. The van der Waals surface area contributed by atoms with Crippen molar-refractivity contribution in [1.29, 1.82) is 0 Å². The molecular weight excluding hydrogens is 463 g/mol. The Morgan fingerprint density at radius 3 is 2.48 bits per heavy atom. The number of nitrogens with zero attached hydrogens (tertiary/aromatic N) is 1.